The number of rotatable bonds is 3. The first-order valence-electron chi connectivity index (χ1n) is 7.44. The van der Waals surface area contributed by atoms with E-state index >= 15 is 0 Å². The zero-order valence-electron chi connectivity index (χ0n) is 13.2. The molecule has 1 aliphatic rings. The van der Waals surface area contributed by atoms with E-state index in [1.165, 1.54) is 0 Å². The third-order valence-electron chi connectivity index (χ3n) is 3.79. The molecule has 0 saturated carbocycles. The first-order chi connectivity index (χ1) is 11.6. The Labute approximate surface area is 137 Å². The molecule has 0 aliphatic carbocycles. The zero-order chi connectivity index (χ0) is 16.7. The summed E-state index contributed by atoms with van der Waals surface area (Å²) in [5.41, 5.74) is 2.37. The average Bonchev–Trinajstić information content (AvgIpc) is 3.28. The topological polar surface area (TPSA) is 89.4 Å². The van der Waals surface area contributed by atoms with Gasteiger partial charge in [0.2, 0.25) is 6.79 Å². The van der Waals surface area contributed by atoms with Gasteiger partial charge in [-0.3, -0.25) is 9.89 Å². The molecule has 4 rings (SSSR count). The van der Waals surface area contributed by atoms with Gasteiger partial charge in [0.15, 0.2) is 23.0 Å². The summed E-state index contributed by atoms with van der Waals surface area (Å²) in [7, 11) is 0. The number of hydrogen-bond acceptors (Lipinski definition) is 5. The van der Waals surface area contributed by atoms with Crippen LogP contribution in [0.1, 0.15) is 21.8 Å². The number of anilines is 1. The summed E-state index contributed by atoms with van der Waals surface area (Å²) in [5, 5.41) is 9.98. The Kier molecular flexibility index (Phi) is 3.26. The predicted octanol–water partition coefficient (Wildman–Crippen LogP) is 3.27. The Hall–Kier alpha value is -3.22. The van der Waals surface area contributed by atoms with E-state index < -0.39 is 0 Å². The van der Waals surface area contributed by atoms with Crippen molar-refractivity contribution in [3.05, 3.63) is 47.3 Å². The van der Waals surface area contributed by atoms with Gasteiger partial charge in [-0.05, 0) is 44.2 Å². The molecule has 0 fully saturated rings. The Bertz CT molecular complexity index is 926. The minimum Gasteiger partial charge on any atom is -0.460 e. The largest absolute Gasteiger partial charge is 0.460 e. The molecule has 7 nitrogen and oxygen atoms in total. The Morgan fingerprint density at radius 2 is 2.00 bits per heavy atom. The third kappa shape index (κ3) is 2.40. The molecule has 1 aliphatic heterocycles. The molecule has 2 aromatic heterocycles. The number of H-pyrrole nitrogens is 1. The number of aryl methyl sites for hydroxylation is 2. The fourth-order valence-corrected chi connectivity index (χ4v) is 2.55. The molecule has 1 aromatic carbocycles. The number of hydrogen-bond donors (Lipinski definition) is 2. The van der Waals surface area contributed by atoms with E-state index in [4.69, 9.17) is 13.9 Å². The Balaban J connectivity index is 1.63. The highest BCUT2D eigenvalue weighted by Crippen LogP contribution is 2.34. The molecule has 0 radical (unpaired) electrons. The van der Waals surface area contributed by atoms with Crippen LogP contribution in [0.25, 0.3) is 11.5 Å². The lowest BCUT2D eigenvalue weighted by Gasteiger charge is -2.07. The van der Waals surface area contributed by atoms with Crippen molar-refractivity contribution in [1.29, 1.82) is 0 Å². The molecular formula is C17H15N3O4. The summed E-state index contributed by atoms with van der Waals surface area (Å²) in [6, 6.07) is 8.74. The van der Waals surface area contributed by atoms with E-state index in [-0.39, 0.29) is 12.7 Å². The van der Waals surface area contributed by atoms with Crippen molar-refractivity contribution in [3.63, 3.8) is 0 Å². The van der Waals surface area contributed by atoms with Crippen LogP contribution in [0.4, 0.5) is 5.69 Å². The number of nitrogens with one attached hydrogen (secondary N) is 2. The summed E-state index contributed by atoms with van der Waals surface area (Å²) in [6.07, 6.45) is 0. The number of aromatic nitrogens is 2. The van der Waals surface area contributed by atoms with Gasteiger partial charge in [-0.15, -0.1) is 0 Å². The maximum Gasteiger partial charge on any atom is 0.255 e. The van der Waals surface area contributed by atoms with E-state index in [1.54, 1.807) is 18.2 Å². The molecule has 0 unspecified atom stereocenters. The van der Waals surface area contributed by atoms with Crippen molar-refractivity contribution in [2.45, 2.75) is 13.8 Å². The monoisotopic (exact) mass is 325 g/mol. The Morgan fingerprint density at radius 3 is 2.79 bits per heavy atom. The lowest BCUT2D eigenvalue weighted by molar-refractivity contribution is 0.102. The van der Waals surface area contributed by atoms with Crippen LogP contribution in [0.3, 0.4) is 0 Å². The van der Waals surface area contributed by atoms with Crippen molar-refractivity contribution < 1.29 is 18.7 Å². The van der Waals surface area contributed by atoms with Gasteiger partial charge < -0.3 is 19.2 Å². The van der Waals surface area contributed by atoms with Crippen LogP contribution in [-0.2, 0) is 0 Å². The molecular weight excluding hydrogens is 310 g/mol. The van der Waals surface area contributed by atoms with E-state index in [0.717, 1.165) is 11.5 Å². The summed E-state index contributed by atoms with van der Waals surface area (Å²) >= 11 is 0. The van der Waals surface area contributed by atoms with E-state index in [1.807, 2.05) is 26.0 Å². The number of furan rings is 1. The quantitative estimate of drug-likeness (QED) is 0.771. The van der Waals surface area contributed by atoms with Gasteiger partial charge in [-0.2, -0.15) is 5.10 Å². The number of aromatic amines is 1. The number of amides is 1. The first-order valence-corrected chi connectivity index (χ1v) is 7.44. The molecule has 7 heteroatoms. The maximum atomic E-state index is 12.6. The first kappa shape index (κ1) is 14.4. The molecule has 0 bridgehead atoms. The number of fused-ring (bicyclic) bond motifs is 1. The summed E-state index contributed by atoms with van der Waals surface area (Å²) in [6.45, 7) is 3.86. The molecule has 2 N–H and O–H groups in total. The van der Waals surface area contributed by atoms with Crippen molar-refractivity contribution in [2.75, 3.05) is 12.1 Å². The van der Waals surface area contributed by atoms with Gasteiger partial charge in [0, 0.05) is 5.56 Å². The van der Waals surface area contributed by atoms with Crippen LogP contribution in [0, 0.1) is 13.8 Å². The molecule has 122 valence electrons. The average molecular weight is 325 g/mol. The minimum absolute atomic E-state index is 0.170. The van der Waals surface area contributed by atoms with Gasteiger partial charge in [-0.1, -0.05) is 0 Å². The number of ether oxygens (including phenoxy) is 2. The summed E-state index contributed by atoms with van der Waals surface area (Å²) < 4.78 is 16.2. The van der Waals surface area contributed by atoms with Gasteiger partial charge in [-0.25, -0.2) is 0 Å². The highest BCUT2D eigenvalue weighted by Gasteiger charge is 2.20. The highest BCUT2D eigenvalue weighted by molar-refractivity contribution is 6.06. The smallest absolute Gasteiger partial charge is 0.255 e. The molecule has 3 aromatic rings. The van der Waals surface area contributed by atoms with Crippen molar-refractivity contribution in [3.8, 4) is 23.0 Å². The van der Waals surface area contributed by atoms with Crippen LogP contribution in [-0.4, -0.2) is 22.9 Å². The zero-order valence-corrected chi connectivity index (χ0v) is 13.2. The van der Waals surface area contributed by atoms with E-state index in [0.29, 0.717) is 34.2 Å². The van der Waals surface area contributed by atoms with Crippen LogP contribution < -0.4 is 14.8 Å². The number of carbonyl (C=O) groups is 1. The third-order valence-corrected chi connectivity index (χ3v) is 3.79. The van der Waals surface area contributed by atoms with Crippen molar-refractivity contribution in [1.82, 2.24) is 10.2 Å². The molecule has 3 heterocycles. The van der Waals surface area contributed by atoms with Crippen LogP contribution in [0.5, 0.6) is 11.5 Å². The van der Waals surface area contributed by atoms with Crippen LogP contribution in [0.15, 0.2) is 34.7 Å². The molecule has 24 heavy (non-hydrogen) atoms. The van der Waals surface area contributed by atoms with Gasteiger partial charge >= 0.3 is 0 Å². The SMILES string of the molecule is Cc1ccc(-c2n[nH]c(C)c2NC(=O)c2ccc3c(c2)OCO3)o1. The van der Waals surface area contributed by atoms with Crippen molar-refractivity contribution in [2.24, 2.45) is 0 Å². The lowest BCUT2D eigenvalue weighted by Crippen LogP contribution is -2.12. The number of carbonyl (C=O) groups excluding carboxylic acids is 1. The van der Waals surface area contributed by atoms with E-state index in [9.17, 15) is 4.79 Å². The molecule has 0 atom stereocenters. The second-order valence-electron chi connectivity index (χ2n) is 5.50. The van der Waals surface area contributed by atoms with Crippen LogP contribution >= 0.6 is 0 Å². The molecule has 0 saturated heterocycles. The van der Waals surface area contributed by atoms with Crippen molar-refractivity contribution >= 4 is 11.6 Å². The fraction of sp³-hybridized carbons (Fsp3) is 0.176. The standard InChI is InChI=1S/C17H15N3O4/c1-9-3-5-13(24-9)16-15(10(2)19-20-16)18-17(21)11-4-6-12-14(7-11)23-8-22-12/h3-7H,8H2,1-2H3,(H,18,21)(H,19,20). The van der Waals surface area contributed by atoms with Gasteiger partial charge in [0.05, 0.1) is 11.4 Å². The normalized spacial score (nSPS) is 12.4. The highest BCUT2D eigenvalue weighted by atomic mass is 16.7. The van der Waals surface area contributed by atoms with Crippen LogP contribution in [0.2, 0.25) is 0 Å². The molecule has 0 spiro atoms. The fourth-order valence-electron chi connectivity index (χ4n) is 2.55. The Morgan fingerprint density at radius 1 is 1.17 bits per heavy atom. The van der Waals surface area contributed by atoms with E-state index in [2.05, 4.69) is 15.5 Å². The number of benzene rings is 1. The number of nitrogens with zero attached hydrogens (tertiary/aromatic N) is 1. The summed E-state index contributed by atoms with van der Waals surface area (Å²) in [5.74, 6) is 2.31. The van der Waals surface area contributed by atoms with Gasteiger partial charge in [0.1, 0.15) is 5.76 Å². The second kappa shape index (κ2) is 5.45. The van der Waals surface area contributed by atoms with Gasteiger partial charge in [0.25, 0.3) is 5.91 Å². The second-order valence-corrected chi connectivity index (χ2v) is 5.50. The minimum atomic E-state index is -0.262. The predicted molar refractivity (Wildman–Crippen MR) is 86.3 cm³/mol. The molecule has 1 amide bonds. The summed E-state index contributed by atoms with van der Waals surface area (Å²) in [4.78, 5) is 12.6. The maximum absolute atomic E-state index is 12.6. The lowest BCUT2D eigenvalue weighted by atomic mass is 10.1.